The molecule has 2 rings (SSSR count). The highest BCUT2D eigenvalue weighted by Crippen LogP contribution is 2.21. The Bertz CT molecular complexity index is 580. The fourth-order valence-electron chi connectivity index (χ4n) is 2.70. The standard InChI is InChI=1S/C14H25N3O3S/c1-10(2)17-5-4-12(9-17)8-16-21(18,19)14-6-13(7-15)20-11(14)3/h6,10,12,16H,4-5,7-9,15H2,1-3H3. The van der Waals surface area contributed by atoms with E-state index in [1.54, 1.807) is 6.92 Å². The summed E-state index contributed by atoms with van der Waals surface area (Å²) in [5.41, 5.74) is 5.48. The van der Waals surface area contributed by atoms with E-state index in [1.165, 1.54) is 6.07 Å². The van der Waals surface area contributed by atoms with Crippen molar-refractivity contribution in [3.05, 3.63) is 17.6 Å². The van der Waals surface area contributed by atoms with E-state index in [-0.39, 0.29) is 11.4 Å². The average Bonchev–Trinajstić information content (AvgIpc) is 3.03. The number of hydrogen-bond acceptors (Lipinski definition) is 5. The third-order valence-corrected chi connectivity index (χ3v) is 5.55. The predicted octanol–water partition coefficient (Wildman–Crippen LogP) is 1.06. The summed E-state index contributed by atoms with van der Waals surface area (Å²) in [7, 11) is -3.52. The van der Waals surface area contributed by atoms with Crippen LogP contribution in [0.4, 0.5) is 0 Å². The van der Waals surface area contributed by atoms with Crippen LogP contribution in [0.5, 0.6) is 0 Å². The summed E-state index contributed by atoms with van der Waals surface area (Å²) >= 11 is 0. The fourth-order valence-corrected chi connectivity index (χ4v) is 4.01. The lowest BCUT2D eigenvalue weighted by molar-refractivity contribution is 0.265. The Hall–Kier alpha value is -0.890. The lowest BCUT2D eigenvalue weighted by Crippen LogP contribution is -2.33. The summed E-state index contributed by atoms with van der Waals surface area (Å²) < 4.78 is 32.7. The molecule has 2 heterocycles. The number of nitrogens with two attached hydrogens (primary N) is 1. The second kappa shape index (κ2) is 6.48. The minimum atomic E-state index is -3.52. The summed E-state index contributed by atoms with van der Waals surface area (Å²) in [4.78, 5) is 2.57. The number of likely N-dealkylation sites (tertiary alicyclic amines) is 1. The summed E-state index contributed by atoms with van der Waals surface area (Å²) in [5, 5.41) is 0. The molecule has 0 amide bonds. The van der Waals surface area contributed by atoms with Crippen molar-refractivity contribution < 1.29 is 12.8 Å². The smallest absolute Gasteiger partial charge is 0.244 e. The van der Waals surface area contributed by atoms with Gasteiger partial charge in [0.05, 0.1) is 6.54 Å². The van der Waals surface area contributed by atoms with E-state index < -0.39 is 10.0 Å². The van der Waals surface area contributed by atoms with Gasteiger partial charge in [0.1, 0.15) is 16.4 Å². The molecule has 1 saturated heterocycles. The van der Waals surface area contributed by atoms with Gasteiger partial charge in [-0.15, -0.1) is 0 Å². The molecule has 1 aliphatic rings. The molecule has 0 spiro atoms. The third-order valence-electron chi connectivity index (χ3n) is 4.02. The second-order valence-electron chi connectivity index (χ2n) is 5.93. The molecule has 6 nitrogen and oxygen atoms in total. The van der Waals surface area contributed by atoms with Crippen LogP contribution in [0.15, 0.2) is 15.4 Å². The summed E-state index contributed by atoms with van der Waals surface area (Å²) in [6, 6.07) is 2.02. The molecule has 1 aliphatic heterocycles. The number of furan rings is 1. The Labute approximate surface area is 126 Å². The van der Waals surface area contributed by atoms with Gasteiger partial charge in [0.2, 0.25) is 10.0 Å². The second-order valence-corrected chi connectivity index (χ2v) is 7.67. The minimum Gasteiger partial charge on any atom is -0.464 e. The van der Waals surface area contributed by atoms with E-state index in [1.807, 2.05) is 0 Å². The van der Waals surface area contributed by atoms with Crippen molar-refractivity contribution in [1.82, 2.24) is 9.62 Å². The molecule has 0 aromatic carbocycles. The summed E-state index contributed by atoms with van der Waals surface area (Å²) in [6.07, 6.45) is 1.03. The molecule has 1 unspecified atom stereocenters. The molecule has 7 heteroatoms. The first kappa shape index (κ1) is 16.5. The van der Waals surface area contributed by atoms with E-state index in [9.17, 15) is 8.42 Å². The zero-order chi connectivity index (χ0) is 15.6. The first-order chi connectivity index (χ1) is 9.83. The SMILES string of the molecule is Cc1oc(CN)cc1S(=O)(=O)NCC1CCN(C(C)C)C1. The van der Waals surface area contributed by atoms with Gasteiger partial charge in [0.25, 0.3) is 0 Å². The molecule has 1 aromatic rings. The van der Waals surface area contributed by atoms with Crippen LogP contribution in [-0.2, 0) is 16.6 Å². The van der Waals surface area contributed by atoms with Gasteiger partial charge in [-0.05, 0) is 39.7 Å². The van der Waals surface area contributed by atoms with Gasteiger partial charge in [-0.3, -0.25) is 0 Å². The largest absolute Gasteiger partial charge is 0.464 e. The van der Waals surface area contributed by atoms with E-state index in [4.69, 9.17) is 10.2 Å². The number of rotatable bonds is 6. The van der Waals surface area contributed by atoms with Crippen molar-refractivity contribution >= 4 is 10.0 Å². The van der Waals surface area contributed by atoms with Crippen LogP contribution in [0.25, 0.3) is 0 Å². The molecule has 21 heavy (non-hydrogen) atoms. The highest BCUT2D eigenvalue weighted by Gasteiger charge is 2.27. The molecular formula is C14H25N3O3S. The Morgan fingerprint density at radius 1 is 1.52 bits per heavy atom. The molecule has 3 N–H and O–H groups in total. The molecule has 0 aliphatic carbocycles. The zero-order valence-electron chi connectivity index (χ0n) is 12.9. The van der Waals surface area contributed by atoms with Crippen molar-refractivity contribution in [1.29, 1.82) is 0 Å². The van der Waals surface area contributed by atoms with Crippen LogP contribution in [0.3, 0.4) is 0 Å². The van der Waals surface area contributed by atoms with E-state index in [0.29, 0.717) is 30.0 Å². The van der Waals surface area contributed by atoms with E-state index in [0.717, 1.165) is 19.5 Å². The molecular weight excluding hydrogens is 290 g/mol. The van der Waals surface area contributed by atoms with Crippen LogP contribution >= 0.6 is 0 Å². The van der Waals surface area contributed by atoms with Crippen molar-refractivity contribution in [3.8, 4) is 0 Å². The summed E-state index contributed by atoms with van der Waals surface area (Å²) in [5.74, 6) is 1.24. The lowest BCUT2D eigenvalue weighted by Gasteiger charge is -2.20. The fraction of sp³-hybridized carbons (Fsp3) is 0.714. The maximum Gasteiger partial charge on any atom is 0.244 e. The Kier molecular flexibility index (Phi) is 5.08. The van der Waals surface area contributed by atoms with Crippen LogP contribution < -0.4 is 10.5 Å². The molecule has 0 saturated carbocycles. The quantitative estimate of drug-likeness (QED) is 0.819. The van der Waals surface area contributed by atoms with Crippen molar-refractivity contribution in [2.45, 2.75) is 44.7 Å². The van der Waals surface area contributed by atoms with Crippen LogP contribution in [0.1, 0.15) is 31.8 Å². The number of hydrogen-bond donors (Lipinski definition) is 2. The van der Waals surface area contributed by atoms with E-state index >= 15 is 0 Å². The molecule has 1 fully saturated rings. The number of aryl methyl sites for hydroxylation is 1. The van der Waals surface area contributed by atoms with Gasteiger partial charge in [0, 0.05) is 25.2 Å². The monoisotopic (exact) mass is 315 g/mol. The zero-order valence-corrected chi connectivity index (χ0v) is 13.7. The summed E-state index contributed by atoms with van der Waals surface area (Å²) in [6.45, 7) is 8.61. The number of sulfonamides is 1. The maximum atomic E-state index is 12.3. The highest BCUT2D eigenvalue weighted by atomic mass is 32.2. The Balaban J connectivity index is 1.97. The molecule has 0 radical (unpaired) electrons. The average molecular weight is 315 g/mol. The number of nitrogens with one attached hydrogen (secondary N) is 1. The Morgan fingerprint density at radius 2 is 2.24 bits per heavy atom. The van der Waals surface area contributed by atoms with Crippen LogP contribution in [-0.4, -0.2) is 39.0 Å². The normalized spacial score (nSPS) is 20.5. The molecule has 1 atom stereocenters. The molecule has 120 valence electrons. The van der Waals surface area contributed by atoms with Crippen LogP contribution in [0, 0.1) is 12.8 Å². The van der Waals surface area contributed by atoms with Gasteiger partial charge in [-0.2, -0.15) is 0 Å². The first-order valence-electron chi connectivity index (χ1n) is 7.36. The van der Waals surface area contributed by atoms with Crippen LogP contribution in [0.2, 0.25) is 0 Å². The first-order valence-corrected chi connectivity index (χ1v) is 8.85. The maximum absolute atomic E-state index is 12.3. The Morgan fingerprint density at radius 3 is 2.76 bits per heavy atom. The van der Waals surface area contributed by atoms with Gasteiger partial charge in [-0.25, -0.2) is 13.1 Å². The van der Waals surface area contributed by atoms with Gasteiger partial charge in [0.15, 0.2) is 0 Å². The molecule has 0 bridgehead atoms. The number of nitrogens with zero attached hydrogens (tertiary/aromatic N) is 1. The van der Waals surface area contributed by atoms with Gasteiger partial charge in [-0.1, -0.05) is 0 Å². The highest BCUT2D eigenvalue weighted by molar-refractivity contribution is 7.89. The third kappa shape index (κ3) is 3.85. The lowest BCUT2D eigenvalue weighted by atomic mass is 10.1. The van der Waals surface area contributed by atoms with E-state index in [2.05, 4.69) is 23.5 Å². The van der Waals surface area contributed by atoms with Crippen molar-refractivity contribution in [3.63, 3.8) is 0 Å². The topological polar surface area (TPSA) is 88.6 Å². The minimum absolute atomic E-state index is 0.196. The van der Waals surface area contributed by atoms with Gasteiger partial charge >= 0.3 is 0 Å². The van der Waals surface area contributed by atoms with Gasteiger partial charge < -0.3 is 15.1 Å². The van der Waals surface area contributed by atoms with Crippen molar-refractivity contribution in [2.75, 3.05) is 19.6 Å². The molecule has 1 aromatic heterocycles. The predicted molar refractivity (Wildman–Crippen MR) is 81.3 cm³/mol. The van der Waals surface area contributed by atoms with Crippen molar-refractivity contribution in [2.24, 2.45) is 11.7 Å².